The molecule has 1 fully saturated rings. The van der Waals surface area contributed by atoms with E-state index in [0.29, 0.717) is 12.3 Å². The Kier molecular flexibility index (Phi) is 5.87. The fourth-order valence-electron chi connectivity index (χ4n) is 1.19. The van der Waals surface area contributed by atoms with Crippen LogP contribution < -0.4 is 5.73 Å². The molecule has 0 radical (unpaired) electrons. The van der Waals surface area contributed by atoms with Gasteiger partial charge >= 0.3 is 5.97 Å². The van der Waals surface area contributed by atoms with Crippen LogP contribution in [0.3, 0.4) is 0 Å². The molecule has 0 heterocycles. The summed E-state index contributed by atoms with van der Waals surface area (Å²) in [5, 5.41) is 15.8. The number of rotatable bonds is 3. The third-order valence-electron chi connectivity index (χ3n) is 2.13. The summed E-state index contributed by atoms with van der Waals surface area (Å²) in [4.78, 5) is 19.2. The standard InChI is InChI=1S/C7H13NO2.C2H4O2/c8-6(7(9)10)4-5-2-1-3-5;1-2(3)4/h5-6H,1-4,8H2,(H,9,10);1H3,(H,3,4). The van der Waals surface area contributed by atoms with E-state index in [1.807, 2.05) is 0 Å². The van der Waals surface area contributed by atoms with Crippen LogP contribution in [-0.2, 0) is 9.59 Å². The first-order valence-electron chi connectivity index (χ1n) is 4.61. The summed E-state index contributed by atoms with van der Waals surface area (Å²) in [5.74, 6) is -1.11. The van der Waals surface area contributed by atoms with Gasteiger partial charge in [-0.15, -0.1) is 0 Å². The van der Waals surface area contributed by atoms with Crippen LogP contribution in [-0.4, -0.2) is 28.2 Å². The zero-order valence-corrected chi connectivity index (χ0v) is 8.27. The average molecular weight is 203 g/mol. The van der Waals surface area contributed by atoms with Gasteiger partial charge in [-0.1, -0.05) is 19.3 Å². The SMILES string of the molecule is CC(=O)O.NC(CC1CCC1)C(=O)O. The molecule has 5 heteroatoms. The van der Waals surface area contributed by atoms with Gasteiger partial charge in [0, 0.05) is 6.92 Å². The van der Waals surface area contributed by atoms with Crippen molar-refractivity contribution in [2.75, 3.05) is 0 Å². The van der Waals surface area contributed by atoms with Crippen molar-refractivity contribution in [3.8, 4) is 0 Å². The maximum atomic E-state index is 10.2. The highest BCUT2D eigenvalue weighted by molar-refractivity contribution is 5.73. The Balaban J connectivity index is 0.000000364. The third-order valence-corrected chi connectivity index (χ3v) is 2.13. The van der Waals surface area contributed by atoms with Crippen molar-refractivity contribution < 1.29 is 19.8 Å². The molecule has 0 aromatic heterocycles. The molecule has 0 spiro atoms. The Hall–Kier alpha value is -1.10. The third kappa shape index (κ3) is 6.42. The van der Waals surface area contributed by atoms with Gasteiger partial charge in [-0.25, -0.2) is 0 Å². The predicted molar refractivity (Wildman–Crippen MR) is 50.9 cm³/mol. The number of carbonyl (C=O) groups is 2. The molecule has 5 nitrogen and oxygen atoms in total. The molecule has 1 aliphatic rings. The lowest BCUT2D eigenvalue weighted by Gasteiger charge is -2.26. The minimum absolute atomic E-state index is 0.589. The highest BCUT2D eigenvalue weighted by Gasteiger charge is 2.23. The number of carboxylic acid groups (broad SMARTS) is 2. The molecule has 82 valence electrons. The Labute approximate surface area is 82.9 Å². The lowest BCUT2D eigenvalue weighted by molar-refractivity contribution is -0.139. The molecule has 1 atom stereocenters. The van der Waals surface area contributed by atoms with Gasteiger partial charge in [-0.2, -0.15) is 0 Å². The first kappa shape index (κ1) is 12.9. The van der Waals surface area contributed by atoms with Crippen molar-refractivity contribution in [3.05, 3.63) is 0 Å². The molecule has 0 bridgehead atoms. The second kappa shape index (κ2) is 6.37. The highest BCUT2D eigenvalue weighted by Crippen LogP contribution is 2.29. The number of carboxylic acids is 2. The first-order chi connectivity index (χ1) is 6.43. The van der Waals surface area contributed by atoms with E-state index in [-0.39, 0.29) is 0 Å². The average Bonchev–Trinajstić information content (AvgIpc) is 1.94. The van der Waals surface area contributed by atoms with Gasteiger partial charge in [0.1, 0.15) is 6.04 Å². The van der Waals surface area contributed by atoms with Crippen molar-refractivity contribution in [3.63, 3.8) is 0 Å². The van der Waals surface area contributed by atoms with Crippen LogP contribution in [0.15, 0.2) is 0 Å². The number of hydrogen-bond donors (Lipinski definition) is 3. The van der Waals surface area contributed by atoms with Crippen LogP contribution >= 0.6 is 0 Å². The van der Waals surface area contributed by atoms with Crippen molar-refractivity contribution in [2.45, 2.75) is 38.6 Å². The van der Waals surface area contributed by atoms with Crippen LogP contribution in [0.1, 0.15) is 32.6 Å². The van der Waals surface area contributed by atoms with Gasteiger partial charge in [0.05, 0.1) is 0 Å². The molecule has 0 saturated heterocycles. The largest absolute Gasteiger partial charge is 0.481 e. The van der Waals surface area contributed by atoms with E-state index in [1.54, 1.807) is 0 Å². The Morgan fingerprint density at radius 2 is 1.86 bits per heavy atom. The molecule has 1 aliphatic carbocycles. The zero-order valence-electron chi connectivity index (χ0n) is 8.27. The van der Waals surface area contributed by atoms with E-state index in [2.05, 4.69) is 0 Å². The Morgan fingerprint density at radius 1 is 1.43 bits per heavy atom. The summed E-state index contributed by atoms with van der Waals surface area (Å²) in [6.07, 6.45) is 4.24. The van der Waals surface area contributed by atoms with Gasteiger partial charge in [-0.3, -0.25) is 9.59 Å². The monoisotopic (exact) mass is 203 g/mol. The molecule has 4 N–H and O–H groups in total. The van der Waals surface area contributed by atoms with E-state index >= 15 is 0 Å². The van der Waals surface area contributed by atoms with Gasteiger partial charge in [0.15, 0.2) is 0 Å². The summed E-state index contributed by atoms with van der Waals surface area (Å²) in [5.41, 5.74) is 5.33. The van der Waals surface area contributed by atoms with Crippen molar-refractivity contribution in [1.29, 1.82) is 0 Å². The minimum Gasteiger partial charge on any atom is -0.481 e. The maximum Gasteiger partial charge on any atom is 0.320 e. The second-order valence-electron chi connectivity index (χ2n) is 3.50. The molecular formula is C9H17NO4. The minimum atomic E-state index is -0.869. The van der Waals surface area contributed by atoms with Crippen LogP contribution in [0.4, 0.5) is 0 Å². The first-order valence-corrected chi connectivity index (χ1v) is 4.61. The van der Waals surface area contributed by atoms with E-state index in [9.17, 15) is 4.79 Å². The normalized spacial score (nSPS) is 17.3. The molecule has 1 unspecified atom stereocenters. The summed E-state index contributed by atoms with van der Waals surface area (Å²) in [6, 6.07) is -0.634. The second-order valence-corrected chi connectivity index (χ2v) is 3.50. The summed E-state index contributed by atoms with van der Waals surface area (Å²) in [6.45, 7) is 1.08. The predicted octanol–water partition coefficient (Wildman–Crippen LogP) is 0.679. The van der Waals surface area contributed by atoms with E-state index in [4.69, 9.17) is 20.7 Å². The molecule has 1 rings (SSSR count). The summed E-state index contributed by atoms with van der Waals surface area (Å²) in [7, 11) is 0. The van der Waals surface area contributed by atoms with E-state index in [0.717, 1.165) is 6.92 Å². The lowest BCUT2D eigenvalue weighted by Crippen LogP contribution is -2.33. The van der Waals surface area contributed by atoms with Gasteiger partial charge in [0.25, 0.3) is 5.97 Å². The van der Waals surface area contributed by atoms with Crippen LogP contribution in [0.5, 0.6) is 0 Å². The fourth-order valence-corrected chi connectivity index (χ4v) is 1.19. The van der Waals surface area contributed by atoms with Gasteiger partial charge in [0.2, 0.25) is 0 Å². The highest BCUT2D eigenvalue weighted by atomic mass is 16.4. The molecular weight excluding hydrogens is 186 g/mol. The van der Waals surface area contributed by atoms with Crippen LogP contribution in [0, 0.1) is 5.92 Å². The van der Waals surface area contributed by atoms with Crippen molar-refractivity contribution in [2.24, 2.45) is 11.7 Å². The maximum absolute atomic E-state index is 10.2. The molecule has 1 saturated carbocycles. The topological polar surface area (TPSA) is 101 Å². The van der Waals surface area contributed by atoms with E-state index in [1.165, 1.54) is 19.3 Å². The Morgan fingerprint density at radius 3 is 2.07 bits per heavy atom. The number of hydrogen-bond acceptors (Lipinski definition) is 3. The summed E-state index contributed by atoms with van der Waals surface area (Å²) >= 11 is 0. The number of nitrogens with two attached hydrogens (primary N) is 1. The van der Waals surface area contributed by atoms with E-state index < -0.39 is 18.0 Å². The zero-order chi connectivity index (χ0) is 11.1. The smallest absolute Gasteiger partial charge is 0.320 e. The number of aliphatic carboxylic acids is 2. The molecule has 0 amide bonds. The molecule has 0 aromatic carbocycles. The molecule has 0 aliphatic heterocycles. The summed E-state index contributed by atoms with van der Waals surface area (Å²) < 4.78 is 0. The van der Waals surface area contributed by atoms with Crippen molar-refractivity contribution in [1.82, 2.24) is 0 Å². The lowest BCUT2D eigenvalue weighted by atomic mass is 9.81. The van der Waals surface area contributed by atoms with Crippen LogP contribution in [0.25, 0.3) is 0 Å². The quantitative estimate of drug-likeness (QED) is 0.626. The van der Waals surface area contributed by atoms with Crippen LogP contribution in [0.2, 0.25) is 0 Å². The van der Waals surface area contributed by atoms with Crippen molar-refractivity contribution >= 4 is 11.9 Å². The molecule has 0 aromatic rings. The van der Waals surface area contributed by atoms with Gasteiger partial charge in [-0.05, 0) is 12.3 Å². The Bertz CT molecular complexity index is 197. The van der Waals surface area contributed by atoms with Gasteiger partial charge < -0.3 is 15.9 Å². The molecule has 14 heavy (non-hydrogen) atoms. The fraction of sp³-hybridized carbons (Fsp3) is 0.778.